The first kappa shape index (κ1) is 27.0. The summed E-state index contributed by atoms with van der Waals surface area (Å²) >= 11 is 5.41. The smallest absolute Gasteiger partial charge is 0.316 e. The summed E-state index contributed by atoms with van der Waals surface area (Å²) in [5.74, 6) is 0.261. The summed E-state index contributed by atoms with van der Waals surface area (Å²) < 4.78 is 11.0. The van der Waals surface area contributed by atoms with Crippen LogP contribution in [-0.4, -0.2) is 46.3 Å². The van der Waals surface area contributed by atoms with Crippen molar-refractivity contribution in [3.05, 3.63) is 72.7 Å². The molecule has 3 heterocycles. The predicted molar refractivity (Wildman–Crippen MR) is 147 cm³/mol. The highest BCUT2D eigenvalue weighted by molar-refractivity contribution is 8.01. The summed E-state index contributed by atoms with van der Waals surface area (Å²) in [5.41, 5.74) is 0.276. The number of carbonyl (C=O) groups excluding carboxylic acids is 2. The van der Waals surface area contributed by atoms with Crippen LogP contribution in [0.2, 0.25) is 0 Å². The lowest BCUT2D eigenvalue weighted by molar-refractivity contribution is -0.139. The van der Waals surface area contributed by atoms with E-state index in [0.29, 0.717) is 21.7 Å². The minimum atomic E-state index is -0.379. The first-order valence-electron chi connectivity index (χ1n) is 11.0. The number of carbonyl (C=O) groups is 2. The lowest BCUT2D eigenvalue weighted by Crippen LogP contribution is -2.15. The van der Waals surface area contributed by atoms with Gasteiger partial charge in [0, 0.05) is 16.0 Å². The molecule has 0 saturated carbocycles. The average molecular weight is 571 g/mol. The number of ether oxygens (including phenoxy) is 2. The van der Waals surface area contributed by atoms with Crippen molar-refractivity contribution < 1.29 is 19.1 Å². The number of anilines is 1. The van der Waals surface area contributed by atoms with E-state index in [1.165, 1.54) is 46.6 Å². The fourth-order valence-electron chi connectivity index (χ4n) is 2.89. The lowest BCUT2D eigenvalue weighted by Gasteiger charge is -2.10. The fraction of sp³-hybridized carbons (Fsp3) is 0.160. The quantitative estimate of drug-likeness (QED) is 0.167. The number of nitrogens with one attached hydrogen (secondary N) is 1. The Balaban J connectivity index is 1.54. The van der Waals surface area contributed by atoms with Gasteiger partial charge in [0.25, 0.3) is 5.91 Å². The number of amides is 1. The van der Waals surface area contributed by atoms with Crippen LogP contribution >= 0.6 is 46.6 Å². The number of esters is 1. The number of aromatic nitrogens is 3. The van der Waals surface area contributed by atoms with Gasteiger partial charge in [0.05, 0.1) is 29.9 Å². The van der Waals surface area contributed by atoms with Crippen molar-refractivity contribution in [1.29, 1.82) is 0 Å². The Morgan fingerprint density at radius 1 is 1.00 bits per heavy atom. The van der Waals surface area contributed by atoms with Gasteiger partial charge in [-0.2, -0.15) is 0 Å². The Labute approximate surface area is 231 Å². The third-order valence-corrected chi connectivity index (χ3v) is 8.55. The van der Waals surface area contributed by atoms with E-state index in [1.54, 1.807) is 26.4 Å². The van der Waals surface area contributed by atoms with Gasteiger partial charge in [0.1, 0.15) is 21.5 Å². The van der Waals surface area contributed by atoms with Crippen molar-refractivity contribution in [3.63, 3.8) is 0 Å². The molecule has 0 aliphatic rings. The molecular weight excluding hydrogens is 549 g/mol. The summed E-state index contributed by atoms with van der Waals surface area (Å²) in [6, 6.07) is 17.0. The number of hydrogen-bond acceptors (Lipinski definition) is 11. The maximum atomic E-state index is 13.3. The molecule has 3 aromatic heterocycles. The van der Waals surface area contributed by atoms with Gasteiger partial charge in [-0.15, -0.1) is 11.8 Å². The molecule has 0 atom stereocenters. The van der Waals surface area contributed by atoms with Crippen LogP contribution in [0.15, 0.2) is 91.0 Å². The first-order valence-corrected chi connectivity index (χ1v) is 14.4. The van der Waals surface area contributed by atoms with E-state index in [9.17, 15) is 9.59 Å². The normalized spacial score (nSPS) is 10.6. The van der Waals surface area contributed by atoms with Crippen molar-refractivity contribution >= 4 is 63.6 Å². The summed E-state index contributed by atoms with van der Waals surface area (Å²) in [6.45, 7) is 2.10. The van der Waals surface area contributed by atoms with E-state index in [2.05, 4.69) is 20.3 Å². The van der Waals surface area contributed by atoms with Crippen LogP contribution in [0.25, 0.3) is 0 Å². The standard InChI is InChI=1S/C25H22N4O4S4/c1-3-33-21(30)15-34-22-14-27-25(37-22)29-24(31)23-18(35-17-9-7-16(32-2)8-10-17)11-12-20(28-23)36-19-6-4-5-13-26-19/h4-14H,3,15H2,1-2H3,(H,27,29,31). The molecule has 190 valence electrons. The highest BCUT2D eigenvalue weighted by atomic mass is 32.2. The lowest BCUT2D eigenvalue weighted by atomic mass is 10.3. The van der Waals surface area contributed by atoms with E-state index in [-0.39, 0.29) is 23.3 Å². The van der Waals surface area contributed by atoms with Crippen LogP contribution in [0, 0.1) is 0 Å². The van der Waals surface area contributed by atoms with E-state index in [0.717, 1.165) is 19.9 Å². The largest absolute Gasteiger partial charge is 0.497 e. The number of methoxy groups -OCH3 is 1. The molecule has 4 rings (SSSR count). The molecule has 12 heteroatoms. The van der Waals surface area contributed by atoms with Crippen molar-refractivity contribution in [2.24, 2.45) is 0 Å². The van der Waals surface area contributed by atoms with Gasteiger partial charge in [-0.25, -0.2) is 15.0 Å². The Bertz CT molecular complexity index is 1350. The van der Waals surface area contributed by atoms with Crippen LogP contribution in [0.4, 0.5) is 5.13 Å². The summed E-state index contributed by atoms with van der Waals surface area (Å²) in [6.07, 6.45) is 3.34. The number of hydrogen-bond donors (Lipinski definition) is 1. The van der Waals surface area contributed by atoms with E-state index < -0.39 is 0 Å². The fourth-order valence-corrected chi connectivity index (χ4v) is 6.20. The molecule has 0 radical (unpaired) electrons. The molecule has 1 amide bonds. The molecular formula is C25H22N4O4S4. The van der Waals surface area contributed by atoms with Gasteiger partial charge in [0.15, 0.2) is 5.13 Å². The highest BCUT2D eigenvalue weighted by Gasteiger charge is 2.18. The average Bonchev–Trinajstić information content (AvgIpc) is 3.36. The molecule has 1 aromatic carbocycles. The van der Waals surface area contributed by atoms with E-state index >= 15 is 0 Å². The molecule has 1 N–H and O–H groups in total. The van der Waals surface area contributed by atoms with Gasteiger partial charge in [0.2, 0.25) is 0 Å². The summed E-state index contributed by atoms with van der Waals surface area (Å²) in [4.78, 5) is 39.9. The molecule has 0 bridgehead atoms. The van der Waals surface area contributed by atoms with Crippen LogP contribution in [-0.2, 0) is 9.53 Å². The Kier molecular flexibility index (Phi) is 9.83. The number of thiazole rings is 1. The second-order valence-electron chi connectivity index (χ2n) is 7.08. The van der Waals surface area contributed by atoms with Gasteiger partial charge in [-0.3, -0.25) is 14.9 Å². The van der Waals surface area contributed by atoms with Crippen molar-refractivity contribution in [2.45, 2.75) is 31.0 Å². The minimum Gasteiger partial charge on any atom is -0.497 e. The molecule has 0 saturated heterocycles. The zero-order valence-corrected chi connectivity index (χ0v) is 23.1. The SMILES string of the molecule is CCOC(=O)CSc1cnc(NC(=O)c2nc(Sc3ccccn3)ccc2Sc2ccc(OC)cc2)s1. The third kappa shape index (κ3) is 7.96. The number of nitrogens with zero attached hydrogens (tertiary/aromatic N) is 3. The minimum absolute atomic E-state index is 0.181. The molecule has 37 heavy (non-hydrogen) atoms. The number of pyridine rings is 2. The van der Waals surface area contributed by atoms with E-state index in [4.69, 9.17) is 9.47 Å². The van der Waals surface area contributed by atoms with Crippen LogP contribution < -0.4 is 10.1 Å². The maximum Gasteiger partial charge on any atom is 0.316 e. The van der Waals surface area contributed by atoms with Gasteiger partial charge in [-0.1, -0.05) is 40.9 Å². The molecule has 4 aromatic rings. The zero-order valence-electron chi connectivity index (χ0n) is 19.9. The van der Waals surface area contributed by atoms with Crippen molar-refractivity contribution in [2.75, 3.05) is 24.8 Å². The van der Waals surface area contributed by atoms with Gasteiger partial charge >= 0.3 is 5.97 Å². The van der Waals surface area contributed by atoms with Crippen LogP contribution in [0.3, 0.4) is 0 Å². The summed E-state index contributed by atoms with van der Waals surface area (Å²) in [5, 5.41) is 4.69. The predicted octanol–water partition coefficient (Wildman–Crippen LogP) is 6.15. The van der Waals surface area contributed by atoms with Gasteiger partial charge < -0.3 is 9.47 Å². The Hall–Kier alpha value is -3.06. The maximum absolute atomic E-state index is 13.3. The summed E-state index contributed by atoms with van der Waals surface area (Å²) in [7, 11) is 1.62. The molecule has 0 fully saturated rings. The molecule has 0 aliphatic heterocycles. The second kappa shape index (κ2) is 13.5. The highest BCUT2D eigenvalue weighted by Crippen LogP contribution is 2.34. The van der Waals surface area contributed by atoms with Crippen LogP contribution in [0.5, 0.6) is 5.75 Å². The van der Waals surface area contributed by atoms with Gasteiger partial charge in [-0.05, 0) is 55.5 Å². The molecule has 0 spiro atoms. The Morgan fingerprint density at radius 3 is 2.57 bits per heavy atom. The molecule has 0 unspecified atom stereocenters. The number of benzene rings is 1. The monoisotopic (exact) mass is 570 g/mol. The number of thioether (sulfide) groups is 1. The molecule has 8 nitrogen and oxygen atoms in total. The van der Waals surface area contributed by atoms with E-state index in [1.807, 2.05) is 54.6 Å². The Morgan fingerprint density at radius 2 is 1.84 bits per heavy atom. The first-order chi connectivity index (χ1) is 18.0. The topological polar surface area (TPSA) is 103 Å². The number of rotatable bonds is 11. The second-order valence-corrected chi connectivity index (χ2v) is 11.5. The van der Waals surface area contributed by atoms with Crippen LogP contribution in [0.1, 0.15) is 17.4 Å². The van der Waals surface area contributed by atoms with Crippen molar-refractivity contribution in [1.82, 2.24) is 15.0 Å². The zero-order chi connectivity index (χ0) is 26.0. The third-order valence-electron chi connectivity index (χ3n) is 4.52. The molecule has 0 aliphatic carbocycles. The van der Waals surface area contributed by atoms with Crippen molar-refractivity contribution in [3.8, 4) is 5.75 Å².